The molecular weight excluding hydrogens is 208 g/mol. The van der Waals surface area contributed by atoms with Crippen LogP contribution in [0.15, 0.2) is 17.6 Å². The third-order valence-electron chi connectivity index (χ3n) is 1.36. The maximum Gasteiger partial charge on any atom is 0.338 e. The van der Waals surface area contributed by atoms with E-state index < -0.39 is 16.8 Å². The van der Waals surface area contributed by atoms with E-state index in [-0.39, 0.29) is 23.1 Å². The molecule has 0 aliphatic rings. The van der Waals surface area contributed by atoms with Gasteiger partial charge in [0, 0.05) is 12.4 Å². The van der Waals surface area contributed by atoms with Gasteiger partial charge in [0.2, 0.25) is 5.16 Å². The standard InChI is InChI=1S/C7H8N2O4S/c10-1-2-14(13)7-8-3-5(4-9-7)6(11)12/h3-4,10H,1-2H2,(H,11,12). The number of carbonyl (C=O) groups is 1. The SMILES string of the molecule is O=C(O)c1cnc(S(=O)CCO)nc1. The first kappa shape index (κ1) is 10.7. The molecule has 0 amide bonds. The van der Waals surface area contributed by atoms with Crippen molar-refractivity contribution in [2.45, 2.75) is 5.16 Å². The van der Waals surface area contributed by atoms with Crippen molar-refractivity contribution in [1.82, 2.24) is 9.97 Å². The average Bonchev–Trinajstić information content (AvgIpc) is 2.18. The Bertz CT molecular complexity index is 351. The molecule has 0 spiro atoms. The van der Waals surface area contributed by atoms with Crippen molar-refractivity contribution >= 4 is 16.8 Å². The predicted molar refractivity (Wildman–Crippen MR) is 47.4 cm³/mol. The topological polar surface area (TPSA) is 100 Å². The van der Waals surface area contributed by atoms with Crippen LogP contribution in [0.2, 0.25) is 0 Å². The van der Waals surface area contributed by atoms with Gasteiger partial charge in [-0.1, -0.05) is 0 Å². The van der Waals surface area contributed by atoms with E-state index in [0.29, 0.717) is 0 Å². The lowest BCUT2D eigenvalue weighted by Gasteiger charge is -1.98. The second-order valence-corrected chi connectivity index (χ2v) is 3.80. The molecule has 14 heavy (non-hydrogen) atoms. The second kappa shape index (κ2) is 4.77. The summed E-state index contributed by atoms with van der Waals surface area (Å²) in [5, 5.41) is 17.1. The van der Waals surface area contributed by atoms with E-state index >= 15 is 0 Å². The Morgan fingerprint density at radius 3 is 2.43 bits per heavy atom. The zero-order valence-corrected chi connectivity index (χ0v) is 7.90. The van der Waals surface area contributed by atoms with Crippen molar-refractivity contribution in [1.29, 1.82) is 0 Å². The summed E-state index contributed by atoms with van der Waals surface area (Å²) < 4.78 is 11.2. The summed E-state index contributed by atoms with van der Waals surface area (Å²) >= 11 is 0. The summed E-state index contributed by atoms with van der Waals surface area (Å²) in [4.78, 5) is 17.6. The summed E-state index contributed by atoms with van der Waals surface area (Å²) in [6.45, 7) is -0.226. The molecule has 0 aromatic carbocycles. The monoisotopic (exact) mass is 216 g/mol. The van der Waals surface area contributed by atoms with Gasteiger partial charge in [0.25, 0.3) is 0 Å². The fourth-order valence-electron chi connectivity index (χ4n) is 0.718. The van der Waals surface area contributed by atoms with Crippen molar-refractivity contribution in [3.05, 3.63) is 18.0 Å². The normalized spacial score (nSPS) is 12.4. The molecule has 0 fully saturated rings. The minimum absolute atomic E-state index is 0.0315. The Hall–Kier alpha value is -1.34. The molecule has 1 atom stereocenters. The first-order valence-corrected chi connectivity index (χ1v) is 5.01. The van der Waals surface area contributed by atoms with Crippen LogP contribution in [-0.2, 0) is 10.8 Å². The molecule has 0 saturated carbocycles. The van der Waals surface area contributed by atoms with Crippen LogP contribution in [0.25, 0.3) is 0 Å². The minimum atomic E-state index is -1.47. The van der Waals surface area contributed by atoms with Crippen LogP contribution in [0.4, 0.5) is 0 Å². The lowest BCUT2D eigenvalue weighted by molar-refractivity contribution is 0.0695. The van der Waals surface area contributed by atoms with Crippen LogP contribution in [0.3, 0.4) is 0 Å². The van der Waals surface area contributed by atoms with E-state index in [0.717, 1.165) is 12.4 Å². The van der Waals surface area contributed by atoms with E-state index in [1.54, 1.807) is 0 Å². The van der Waals surface area contributed by atoms with E-state index in [1.165, 1.54) is 0 Å². The highest BCUT2D eigenvalue weighted by Gasteiger charge is 2.08. The van der Waals surface area contributed by atoms with E-state index in [9.17, 15) is 9.00 Å². The maximum absolute atomic E-state index is 11.2. The van der Waals surface area contributed by atoms with Gasteiger partial charge in [-0.2, -0.15) is 0 Å². The molecule has 1 unspecified atom stereocenters. The predicted octanol–water partition coefficient (Wildman–Crippen LogP) is -0.725. The van der Waals surface area contributed by atoms with Crippen LogP contribution >= 0.6 is 0 Å². The molecule has 0 saturated heterocycles. The number of carboxylic acids is 1. The smallest absolute Gasteiger partial charge is 0.338 e. The van der Waals surface area contributed by atoms with Crippen molar-refractivity contribution < 1.29 is 19.2 Å². The van der Waals surface area contributed by atoms with Crippen molar-refractivity contribution in [3.63, 3.8) is 0 Å². The van der Waals surface area contributed by atoms with Crippen molar-refractivity contribution in [2.75, 3.05) is 12.4 Å². The highest BCUT2D eigenvalue weighted by Crippen LogP contribution is 2.00. The number of nitrogens with zero attached hydrogens (tertiary/aromatic N) is 2. The van der Waals surface area contributed by atoms with Crippen molar-refractivity contribution in [3.8, 4) is 0 Å². The van der Waals surface area contributed by atoms with Gasteiger partial charge in [0.15, 0.2) is 0 Å². The Morgan fingerprint density at radius 1 is 1.43 bits per heavy atom. The van der Waals surface area contributed by atoms with Gasteiger partial charge < -0.3 is 10.2 Å². The average molecular weight is 216 g/mol. The van der Waals surface area contributed by atoms with Crippen molar-refractivity contribution in [2.24, 2.45) is 0 Å². The van der Waals surface area contributed by atoms with Crippen LogP contribution in [0, 0.1) is 0 Å². The van der Waals surface area contributed by atoms with Gasteiger partial charge in [-0.15, -0.1) is 0 Å². The Labute approximate surface area is 82.1 Å². The lowest BCUT2D eigenvalue weighted by Crippen LogP contribution is -2.08. The summed E-state index contributed by atoms with van der Waals surface area (Å²) in [7, 11) is -1.47. The van der Waals surface area contributed by atoms with Gasteiger partial charge in [-0.3, -0.25) is 4.21 Å². The molecular formula is C7H8N2O4S. The number of rotatable bonds is 4. The molecule has 6 nitrogen and oxygen atoms in total. The van der Waals surface area contributed by atoms with Gasteiger partial charge >= 0.3 is 5.97 Å². The molecule has 1 aromatic rings. The highest BCUT2D eigenvalue weighted by molar-refractivity contribution is 7.84. The molecule has 76 valence electrons. The summed E-state index contributed by atoms with van der Waals surface area (Å²) in [6, 6.07) is 0. The molecule has 1 heterocycles. The lowest BCUT2D eigenvalue weighted by atomic mass is 10.4. The van der Waals surface area contributed by atoms with E-state index in [1.807, 2.05) is 0 Å². The molecule has 0 aliphatic heterocycles. The summed E-state index contributed by atoms with van der Waals surface area (Å²) in [5.41, 5.74) is -0.0604. The molecule has 0 bridgehead atoms. The number of hydrogen-bond acceptors (Lipinski definition) is 5. The van der Waals surface area contributed by atoms with E-state index in [2.05, 4.69) is 9.97 Å². The second-order valence-electron chi connectivity index (χ2n) is 2.33. The molecule has 1 rings (SSSR count). The molecule has 0 aliphatic carbocycles. The number of aliphatic hydroxyl groups excluding tert-OH is 1. The third-order valence-corrected chi connectivity index (χ3v) is 2.53. The first-order chi connectivity index (χ1) is 6.65. The quantitative estimate of drug-likeness (QED) is 0.644. The van der Waals surface area contributed by atoms with Crippen LogP contribution in [0.5, 0.6) is 0 Å². The van der Waals surface area contributed by atoms with Crippen LogP contribution < -0.4 is 0 Å². The zero-order chi connectivity index (χ0) is 10.6. The Balaban J connectivity index is 2.83. The fraction of sp³-hybridized carbons (Fsp3) is 0.286. The molecule has 2 N–H and O–H groups in total. The number of aromatic nitrogens is 2. The molecule has 7 heteroatoms. The summed E-state index contributed by atoms with van der Waals surface area (Å²) in [5.74, 6) is -1.09. The minimum Gasteiger partial charge on any atom is -0.478 e. The molecule has 0 radical (unpaired) electrons. The number of aromatic carboxylic acids is 1. The Morgan fingerprint density at radius 2 is 2.00 bits per heavy atom. The van der Waals surface area contributed by atoms with Crippen LogP contribution in [-0.4, -0.2) is 42.7 Å². The highest BCUT2D eigenvalue weighted by atomic mass is 32.2. The van der Waals surface area contributed by atoms with Gasteiger partial charge in [0.1, 0.15) is 0 Å². The molecule has 1 aromatic heterocycles. The number of hydrogen-bond donors (Lipinski definition) is 2. The van der Waals surface area contributed by atoms with E-state index in [4.69, 9.17) is 10.2 Å². The van der Waals surface area contributed by atoms with Crippen LogP contribution in [0.1, 0.15) is 10.4 Å². The fourth-order valence-corrected chi connectivity index (χ4v) is 1.41. The van der Waals surface area contributed by atoms with Gasteiger partial charge in [-0.05, 0) is 0 Å². The van der Waals surface area contributed by atoms with Gasteiger partial charge in [0.05, 0.1) is 28.7 Å². The van der Waals surface area contributed by atoms with Gasteiger partial charge in [-0.25, -0.2) is 14.8 Å². The largest absolute Gasteiger partial charge is 0.478 e. The first-order valence-electron chi connectivity index (χ1n) is 3.69. The maximum atomic E-state index is 11.2. The summed E-state index contributed by atoms with van der Waals surface area (Å²) in [6.07, 6.45) is 2.17. The zero-order valence-electron chi connectivity index (χ0n) is 7.08. The Kier molecular flexibility index (Phi) is 3.66. The third kappa shape index (κ3) is 2.57. The number of carboxylic acid groups (broad SMARTS) is 1. The number of aliphatic hydroxyl groups is 1.